The van der Waals surface area contributed by atoms with Gasteiger partial charge in [-0.05, 0) is 26.3 Å². The van der Waals surface area contributed by atoms with E-state index in [-0.39, 0.29) is 0 Å². The molecule has 0 aliphatic rings. The molecule has 0 radical (unpaired) electrons. The lowest BCUT2D eigenvalue weighted by atomic mass is 10.2. The average Bonchev–Trinajstić information content (AvgIpc) is 2.65. The van der Waals surface area contributed by atoms with E-state index in [2.05, 4.69) is 42.6 Å². The molecular weight excluding hydrogens is 214 g/mol. The van der Waals surface area contributed by atoms with Crippen LogP contribution in [0.3, 0.4) is 0 Å². The first-order valence-electron chi connectivity index (χ1n) is 6.41. The fraction of sp³-hybridized carbons (Fsp3) is 0.769. The van der Waals surface area contributed by atoms with E-state index < -0.39 is 0 Å². The Labute approximate surface area is 104 Å². The highest BCUT2D eigenvalue weighted by molar-refractivity contribution is 4.97. The molecule has 1 heterocycles. The highest BCUT2D eigenvalue weighted by Crippen LogP contribution is 2.00. The van der Waals surface area contributed by atoms with Crippen LogP contribution in [0.5, 0.6) is 0 Å². The molecular formula is C13H25N3O. The second-order valence-electron chi connectivity index (χ2n) is 5.02. The molecule has 1 N–H and O–H groups in total. The molecule has 0 aliphatic heterocycles. The van der Waals surface area contributed by atoms with Gasteiger partial charge in [0, 0.05) is 19.3 Å². The first kappa shape index (κ1) is 14.2. The predicted molar refractivity (Wildman–Crippen MR) is 69.9 cm³/mol. The minimum Gasteiger partial charge on any atom is -0.377 e. The fourth-order valence-electron chi connectivity index (χ4n) is 1.57. The Morgan fingerprint density at radius 3 is 2.76 bits per heavy atom. The Balaban J connectivity index is 2.32. The third-order valence-corrected chi connectivity index (χ3v) is 2.44. The molecule has 1 rings (SSSR count). The Morgan fingerprint density at radius 1 is 1.35 bits per heavy atom. The van der Waals surface area contributed by atoms with Crippen molar-refractivity contribution < 1.29 is 4.74 Å². The lowest BCUT2D eigenvalue weighted by molar-refractivity contribution is 0.0723. The summed E-state index contributed by atoms with van der Waals surface area (Å²) in [7, 11) is 0. The van der Waals surface area contributed by atoms with Crippen LogP contribution in [0.1, 0.15) is 33.4 Å². The van der Waals surface area contributed by atoms with Crippen molar-refractivity contribution in [3.8, 4) is 0 Å². The molecule has 4 nitrogen and oxygen atoms in total. The maximum Gasteiger partial charge on any atom is 0.0949 e. The van der Waals surface area contributed by atoms with Gasteiger partial charge in [0.15, 0.2) is 0 Å². The van der Waals surface area contributed by atoms with Crippen LogP contribution < -0.4 is 5.32 Å². The van der Waals surface area contributed by atoms with Crippen molar-refractivity contribution >= 4 is 0 Å². The first-order valence-corrected chi connectivity index (χ1v) is 6.41. The number of aromatic nitrogens is 2. The number of ether oxygens (including phenoxy) is 1. The van der Waals surface area contributed by atoms with E-state index in [1.54, 1.807) is 0 Å². The van der Waals surface area contributed by atoms with Crippen LogP contribution in [-0.4, -0.2) is 28.8 Å². The second-order valence-corrected chi connectivity index (χ2v) is 5.02. The molecule has 0 aromatic carbocycles. The van der Waals surface area contributed by atoms with Crippen molar-refractivity contribution in [2.24, 2.45) is 5.92 Å². The van der Waals surface area contributed by atoms with Gasteiger partial charge in [-0.2, -0.15) is 0 Å². The Bertz CT molecular complexity index is 279. The number of nitrogens with one attached hydrogen (secondary N) is 1. The minimum absolute atomic E-state index is 0.293. The van der Waals surface area contributed by atoms with E-state index in [0.717, 1.165) is 26.2 Å². The Hall–Kier alpha value is -0.870. The van der Waals surface area contributed by atoms with Crippen molar-refractivity contribution in [3.05, 3.63) is 18.2 Å². The minimum atomic E-state index is 0.293. The molecule has 0 unspecified atom stereocenters. The normalized spacial score (nSPS) is 11.6. The van der Waals surface area contributed by atoms with Crippen molar-refractivity contribution in [2.45, 2.75) is 46.9 Å². The molecule has 0 aliphatic carbocycles. The zero-order valence-corrected chi connectivity index (χ0v) is 11.4. The van der Waals surface area contributed by atoms with Crippen LogP contribution in [-0.2, 0) is 17.8 Å². The summed E-state index contributed by atoms with van der Waals surface area (Å²) in [6, 6.07) is 0. The standard InChI is InChI=1S/C13H25N3O/c1-11(2)7-14-8-13-9-15-10-16(13)5-6-17-12(3)4/h9-12,14H,5-8H2,1-4H3. The molecule has 17 heavy (non-hydrogen) atoms. The van der Waals surface area contributed by atoms with E-state index in [4.69, 9.17) is 4.74 Å². The van der Waals surface area contributed by atoms with Crippen LogP contribution in [0, 0.1) is 5.92 Å². The van der Waals surface area contributed by atoms with Crippen molar-refractivity contribution in [1.29, 1.82) is 0 Å². The zero-order chi connectivity index (χ0) is 12.7. The summed E-state index contributed by atoms with van der Waals surface area (Å²) in [5, 5.41) is 3.43. The number of hydrogen-bond donors (Lipinski definition) is 1. The highest BCUT2D eigenvalue weighted by Gasteiger charge is 2.02. The summed E-state index contributed by atoms with van der Waals surface area (Å²) in [4.78, 5) is 4.19. The maximum absolute atomic E-state index is 5.54. The average molecular weight is 239 g/mol. The highest BCUT2D eigenvalue weighted by atomic mass is 16.5. The van der Waals surface area contributed by atoms with Crippen LogP contribution in [0.2, 0.25) is 0 Å². The number of rotatable bonds is 8. The van der Waals surface area contributed by atoms with Gasteiger partial charge in [0.1, 0.15) is 0 Å². The molecule has 1 aromatic heterocycles. The second kappa shape index (κ2) is 7.45. The van der Waals surface area contributed by atoms with Crippen molar-refractivity contribution in [2.75, 3.05) is 13.2 Å². The molecule has 0 saturated heterocycles. The summed E-state index contributed by atoms with van der Waals surface area (Å²) in [5.41, 5.74) is 1.22. The predicted octanol–water partition coefficient (Wildman–Crippen LogP) is 2.05. The molecule has 0 amide bonds. The lowest BCUT2D eigenvalue weighted by Crippen LogP contribution is -2.21. The monoisotopic (exact) mass is 239 g/mol. The molecule has 0 bridgehead atoms. The van der Waals surface area contributed by atoms with Gasteiger partial charge < -0.3 is 14.6 Å². The van der Waals surface area contributed by atoms with Crippen LogP contribution >= 0.6 is 0 Å². The third-order valence-electron chi connectivity index (χ3n) is 2.44. The zero-order valence-electron chi connectivity index (χ0n) is 11.4. The van der Waals surface area contributed by atoms with E-state index in [1.165, 1.54) is 5.69 Å². The molecule has 0 spiro atoms. The van der Waals surface area contributed by atoms with Crippen LogP contribution in [0.25, 0.3) is 0 Å². The lowest BCUT2D eigenvalue weighted by Gasteiger charge is -2.12. The molecule has 4 heteroatoms. The topological polar surface area (TPSA) is 39.1 Å². The van der Waals surface area contributed by atoms with Gasteiger partial charge >= 0.3 is 0 Å². The van der Waals surface area contributed by atoms with Gasteiger partial charge in [0.2, 0.25) is 0 Å². The number of imidazole rings is 1. The van der Waals surface area contributed by atoms with Gasteiger partial charge in [-0.25, -0.2) is 4.98 Å². The van der Waals surface area contributed by atoms with Gasteiger partial charge in [0.25, 0.3) is 0 Å². The molecule has 1 aromatic rings. The third kappa shape index (κ3) is 5.84. The van der Waals surface area contributed by atoms with Crippen molar-refractivity contribution in [3.63, 3.8) is 0 Å². The van der Waals surface area contributed by atoms with E-state index in [0.29, 0.717) is 12.0 Å². The van der Waals surface area contributed by atoms with Crippen LogP contribution in [0.15, 0.2) is 12.5 Å². The summed E-state index contributed by atoms with van der Waals surface area (Å²) >= 11 is 0. The first-order chi connectivity index (χ1) is 8.09. The van der Waals surface area contributed by atoms with Gasteiger partial charge in [-0.3, -0.25) is 0 Å². The Morgan fingerprint density at radius 2 is 2.12 bits per heavy atom. The largest absolute Gasteiger partial charge is 0.377 e. The van der Waals surface area contributed by atoms with Gasteiger partial charge in [-0.1, -0.05) is 13.8 Å². The maximum atomic E-state index is 5.54. The molecule has 0 atom stereocenters. The van der Waals surface area contributed by atoms with E-state index in [1.807, 2.05) is 12.5 Å². The molecule has 98 valence electrons. The smallest absolute Gasteiger partial charge is 0.0949 e. The summed E-state index contributed by atoms with van der Waals surface area (Å²) < 4.78 is 7.69. The number of hydrogen-bond acceptors (Lipinski definition) is 3. The van der Waals surface area contributed by atoms with Crippen molar-refractivity contribution in [1.82, 2.24) is 14.9 Å². The van der Waals surface area contributed by atoms with Crippen LogP contribution in [0.4, 0.5) is 0 Å². The van der Waals surface area contributed by atoms with Gasteiger partial charge in [-0.15, -0.1) is 0 Å². The quantitative estimate of drug-likeness (QED) is 0.754. The van der Waals surface area contributed by atoms with E-state index in [9.17, 15) is 0 Å². The molecule has 0 saturated carbocycles. The summed E-state index contributed by atoms with van der Waals surface area (Å²) in [5.74, 6) is 0.677. The Kier molecular flexibility index (Phi) is 6.22. The van der Waals surface area contributed by atoms with E-state index >= 15 is 0 Å². The summed E-state index contributed by atoms with van der Waals surface area (Å²) in [6.07, 6.45) is 4.08. The summed E-state index contributed by atoms with van der Waals surface area (Å²) in [6.45, 7) is 12.1. The van der Waals surface area contributed by atoms with Gasteiger partial charge in [0.05, 0.1) is 24.7 Å². The molecule has 0 fully saturated rings. The SMILES string of the molecule is CC(C)CNCc1cncn1CCOC(C)C. The fourth-order valence-corrected chi connectivity index (χ4v) is 1.57. The number of nitrogens with zero attached hydrogens (tertiary/aromatic N) is 2.